The van der Waals surface area contributed by atoms with Crippen molar-refractivity contribution in [2.75, 3.05) is 0 Å². The Kier molecular flexibility index (Phi) is 3.79. The van der Waals surface area contributed by atoms with Gasteiger partial charge >= 0.3 is 0 Å². The van der Waals surface area contributed by atoms with Crippen LogP contribution in [0.4, 0.5) is 0 Å². The van der Waals surface area contributed by atoms with Crippen LogP contribution in [0.2, 0.25) is 10.0 Å². The molecule has 0 bridgehead atoms. The van der Waals surface area contributed by atoms with Crippen molar-refractivity contribution in [3.8, 4) is 0 Å². The van der Waals surface area contributed by atoms with Gasteiger partial charge < -0.3 is 5.32 Å². The molecule has 0 atom stereocenters. The van der Waals surface area contributed by atoms with Gasteiger partial charge in [-0.05, 0) is 47.7 Å². The van der Waals surface area contributed by atoms with Gasteiger partial charge in [0, 0.05) is 22.6 Å². The Hall–Kier alpha value is -1.02. The molecule has 0 fully saturated rings. The lowest BCUT2D eigenvalue weighted by molar-refractivity contribution is 0.533. The average Bonchev–Trinajstić information content (AvgIpc) is 2.78. The summed E-state index contributed by atoms with van der Waals surface area (Å²) < 4.78 is 0. The quantitative estimate of drug-likeness (QED) is 0.891. The van der Waals surface area contributed by atoms with Crippen LogP contribution in [0.15, 0.2) is 42.5 Å². The maximum absolute atomic E-state index is 6.01. The molecule has 0 aromatic heterocycles. The normalized spacial score (nSPS) is 14.6. The molecular weight excluding hydrogens is 277 g/mol. The molecule has 0 spiro atoms. The summed E-state index contributed by atoms with van der Waals surface area (Å²) in [5.41, 5.74) is 4.06. The summed E-state index contributed by atoms with van der Waals surface area (Å²) in [4.78, 5) is 0. The van der Waals surface area contributed by atoms with Gasteiger partial charge in [-0.2, -0.15) is 0 Å². The molecule has 0 saturated carbocycles. The van der Waals surface area contributed by atoms with Crippen molar-refractivity contribution in [3.63, 3.8) is 0 Å². The second-order valence-corrected chi connectivity index (χ2v) is 5.91. The molecule has 1 N–H and O–H groups in total. The van der Waals surface area contributed by atoms with Crippen LogP contribution in [0, 0.1) is 0 Å². The second kappa shape index (κ2) is 5.54. The van der Waals surface area contributed by atoms with Gasteiger partial charge in [-0.1, -0.05) is 47.5 Å². The van der Waals surface area contributed by atoms with Crippen molar-refractivity contribution < 1.29 is 0 Å². The van der Waals surface area contributed by atoms with Crippen LogP contribution in [0.5, 0.6) is 0 Å². The largest absolute Gasteiger partial charge is 0.309 e. The van der Waals surface area contributed by atoms with E-state index in [-0.39, 0.29) is 0 Å². The van der Waals surface area contributed by atoms with Crippen LogP contribution in [0.25, 0.3) is 0 Å². The predicted molar refractivity (Wildman–Crippen MR) is 80.9 cm³/mol. The van der Waals surface area contributed by atoms with Crippen LogP contribution in [-0.2, 0) is 19.4 Å². The summed E-state index contributed by atoms with van der Waals surface area (Å²) in [6.07, 6.45) is 2.20. The summed E-state index contributed by atoms with van der Waals surface area (Å²) >= 11 is 12.0. The highest BCUT2D eigenvalue weighted by Gasteiger charge is 2.20. The molecule has 1 aliphatic carbocycles. The molecule has 0 aliphatic heterocycles. The van der Waals surface area contributed by atoms with Crippen molar-refractivity contribution in [2.24, 2.45) is 0 Å². The molecule has 1 aliphatic rings. The monoisotopic (exact) mass is 291 g/mol. The molecule has 2 aromatic rings. The lowest BCUT2D eigenvalue weighted by atomic mass is 10.1. The number of fused-ring (bicyclic) bond motifs is 1. The Balaban J connectivity index is 1.62. The smallest absolute Gasteiger partial charge is 0.0424 e. The highest BCUT2D eigenvalue weighted by molar-refractivity contribution is 6.34. The van der Waals surface area contributed by atoms with Crippen LogP contribution in [0.3, 0.4) is 0 Å². The van der Waals surface area contributed by atoms with Crippen molar-refractivity contribution in [2.45, 2.75) is 25.4 Å². The number of benzene rings is 2. The summed E-state index contributed by atoms with van der Waals surface area (Å²) in [5.74, 6) is 0. The van der Waals surface area contributed by atoms with Crippen molar-refractivity contribution in [1.29, 1.82) is 0 Å². The third-order valence-corrected chi connectivity index (χ3v) is 4.00. The van der Waals surface area contributed by atoms with Crippen molar-refractivity contribution >= 4 is 23.2 Å². The van der Waals surface area contributed by atoms with E-state index in [1.54, 1.807) is 6.07 Å². The van der Waals surface area contributed by atoms with Crippen LogP contribution in [0.1, 0.15) is 16.7 Å². The van der Waals surface area contributed by atoms with Crippen LogP contribution in [-0.4, -0.2) is 6.04 Å². The highest BCUT2D eigenvalue weighted by atomic mass is 35.5. The first-order valence-corrected chi connectivity index (χ1v) is 7.21. The first-order valence-electron chi connectivity index (χ1n) is 6.46. The van der Waals surface area contributed by atoms with E-state index in [1.807, 2.05) is 12.1 Å². The van der Waals surface area contributed by atoms with Crippen LogP contribution >= 0.6 is 23.2 Å². The van der Waals surface area contributed by atoms with E-state index in [0.29, 0.717) is 16.1 Å². The number of rotatable bonds is 3. The van der Waals surface area contributed by atoms with Gasteiger partial charge in [0.05, 0.1) is 0 Å². The zero-order valence-electron chi connectivity index (χ0n) is 10.5. The van der Waals surface area contributed by atoms with Gasteiger partial charge in [-0.15, -0.1) is 0 Å². The number of hydrogen-bond donors (Lipinski definition) is 1. The molecule has 2 aromatic carbocycles. The average molecular weight is 292 g/mol. The van der Waals surface area contributed by atoms with E-state index in [0.717, 1.165) is 24.9 Å². The SMILES string of the molecule is Clc1cc(Cl)cc(CNC2Cc3ccccc3C2)c1. The highest BCUT2D eigenvalue weighted by Crippen LogP contribution is 2.23. The lowest BCUT2D eigenvalue weighted by Gasteiger charge is -2.12. The Morgan fingerprint density at radius 1 is 0.947 bits per heavy atom. The van der Waals surface area contributed by atoms with Gasteiger partial charge in [0.1, 0.15) is 0 Å². The van der Waals surface area contributed by atoms with E-state index in [9.17, 15) is 0 Å². The number of nitrogens with one attached hydrogen (secondary N) is 1. The molecule has 0 saturated heterocycles. The van der Waals surface area contributed by atoms with E-state index in [4.69, 9.17) is 23.2 Å². The molecule has 0 heterocycles. The summed E-state index contributed by atoms with van der Waals surface area (Å²) in [6.45, 7) is 0.804. The van der Waals surface area contributed by atoms with Gasteiger partial charge in [0.15, 0.2) is 0 Å². The molecule has 3 heteroatoms. The Morgan fingerprint density at radius 3 is 2.11 bits per heavy atom. The molecule has 3 rings (SSSR count). The maximum Gasteiger partial charge on any atom is 0.0424 e. The molecular formula is C16H15Cl2N. The number of halogens is 2. The van der Waals surface area contributed by atoms with Gasteiger partial charge in [-0.3, -0.25) is 0 Å². The van der Waals surface area contributed by atoms with Crippen molar-refractivity contribution in [1.82, 2.24) is 5.32 Å². The third kappa shape index (κ3) is 3.11. The summed E-state index contributed by atoms with van der Waals surface area (Å²) in [6, 6.07) is 14.8. The molecule has 19 heavy (non-hydrogen) atoms. The predicted octanol–water partition coefficient (Wildman–Crippen LogP) is 4.25. The molecule has 1 nitrogen and oxygen atoms in total. The van der Waals surface area contributed by atoms with E-state index >= 15 is 0 Å². The zero-order valence-corrected chi connectivity index (χ0v) is 12.0. The fourth-order valence-corrected chi connectivity index (χ4v) is 3.25. The standard InChI is InChI=1S/C16H15Cl2N/c17-14-5-11(6-15(18)9-14)10-19-16-7-12-3-1-2-4-13(12)8-16/h1-6,9,16,19H,7-8,10H2. The Bertz CT molecular complexity index is 550. The summed E-state index contributed by atoms with van der Waals surface area (Å²) in [7, 11) is 0. The third-order valence-electron chi connectivity index (χ3n) is 3.57. The zero-order chi connectivity index (χ0) is 13.2. The fraction of sp³-hybridized carbons (Fsp3) is 0.250. The minimum atomic E-state index is 0.509. The minimum Gasteiger partial charge on any atom is -0.309 e. The first kappa shape index (κ1) is 13.0. The number of hydrogen-bond acceptors (Lipinski definition) is 1. The first-order chi connectivity index (χ1) is 9.20. The molecule has 98 valence electrons. The summed E-state index contributed by atoms with van der Waals surface area (Å²) in [5, 5.41) is 4.97. The van der Waals surface area contributed by atoms with Gasteiger partial charge in [-0.25, -0.2) is 0 Å². The van der Waals surface area contributed by atoms with E-state index < -0.39 is 0 Å². The topological polar surface area (TPSA) is 12.0 Å². The van der Waals surface area contributed by atoms with E-state index in [2.05, 4.69) is 29.6 Å². The van der Waals surface area contributed by atoms with Gasteiger partial charge in [0.2, 0.25) is 0 Å². The minimum absolute atomic E-state index is 0.509. The van der Waals surface area contributed by atoms with Crippen LogP contribution < -0.4 is 5.32 Å². The van der Waals surface area contributed by atoms with E-state index in [1.165, 1.54) is 11.1 Å². The molecule has 0 unspecified atom stereocenters. The van der Waals surface area contributed by atoms with Gasteiger partial charge in [0.25, 0.3) is 0 Å². The second-order valence-electron chi connectivity index (χ2n) is 5.03. The fourth-order valence-electron chi connectivity index (χ4n) is 2.68. The molecule has 0 amide bonds. The Morgan fingerprint density at radius 2 is 1.53 bits per heavy atom. The molecule has 0 radical (unpaired) electrons. The lowest BCUT2D eigenvalue weighted by Crippen LogP contribution is -2.28. The maximum atomic E-state index is 6.01. The van der Waals surface area contributed by atoms with Crippen molar-refractivity contribution in [3.05, 3.63) is 69.2 Å². The Labute approximate surface area is 123 Å².